The molecular formula is C9H9F2NO2. The number of carboxylic acid groups (broad SMARTS) is 1. The van der Waals surface area contributed by atoms with Gasteiger partial charge in [0.15, 0.2) is 5.69 Å². The quantitative estimate of drug-likeness (QED) is 0.798. The summed E-state index contributed by atoms with van der Waals surface area (Å²) in [6, 6.07) is 1.40. The number of aromatic carboxylic acids is 1. The van der Waals surface area contributed by atoms with Crippen LogP contribution in [-0.4, -0.2) is 16.1 Å². The lowest BCUT2D eigenvalue weighted by Gasteiger charge is -2.07. The van der Waals surface area contributed by atoms with Crippen LogP contribution >= 0.6 is 0 Å². The number of rotatable bonds is 2. The van der Waals surface area contributed by atoms with Gasteiger partial charge in [0.05, 0.1) is 0 Å². The first kappa shape index (κ1) is 10.6. The second kappa shape index (κ2) is 3.69. The highest BCUT2D eigenvalue weighted by Gasteiger charge is 2.17. The van der Waals surface area contributed by atoms with E-state index >= 15 is 0 Å². The summed E-state index contributed by atoms with van der Waals surface area (Å²) < 4.78 is 24.7. The first-order valence-corrected chi connectivity index (χ1v) is 3.93. The molecule has 0 bridgehead atoms. The average molecular weight is 201 g/mol. The number of aryl methyl sites for hydroxylation is 2. The van der Waals surface area contributed by atoms with Crippen LogP contribution in [0.15, 0.2) is 6.07 Å². The molecule has 0 aromatic carbocycles. The molecule has 0 unspecified atom stereocenters. The zero-order valence-electron chi connectivity index (χ0n) is 7.71. The van der Waals surface area contributed by atoms with E-state index in [1.54, 1.807) is 0 Å². The van der Waals surface area contributed by atoms with Crippen LogP contribution < -0.4 is 0 Å². The van der Waals surface area contributed by atoms with Gasteiger partial charge in [0.2, 0.25) is 0 Å². The van der Waals surface area contributed by atoms with E-state index in [1.807, 2.05) is 0 Å². The van der Waals surface area contributed by atoms with Crippen molar-refractivity contribution in [1.82, 2.24) is 4.98 Å². The van der Waals surface area contributed by atoms with Gasteiger partial charge < -0.3 is 5.11 Å². The maximum absolute atomic E-state index is 12.3. The Kier molecular flexibility index (Phi) is 2.78. The number of alkyl halides is 2. The molecule has 14 heavy (non-hydrogen) atoms. The van der Waals surface area contributed by atoms with Crippen LogP contribution in [0.1, 0.15) is 33.7 Å². The third-order valence-corrected chi connectivity index (χ3v) is 1.85. The minimum absolute atomic E-state index is 0.308. The van der Waals surface area contributed by atoms with Crippen LogP contribution in [-0.2, 0) is 0 Å². The highest BCUT2D eigenvalue weighted by Crippen LogP contribution is 2.22. The maximum Gasteiger partial charge on any atom is 0.354 e. The van der Waals surface area contributed by atoms with Gasteiger partial charge in [-0.3, -0.25) is 0 Å². The van der Waals surface area contributed by atoms with Gasteiger partial charge in [0, 0.05) is 0 Å². The van der Waals surface area contributed by atoms with Crippen molar-refractivity contribution >= 4 is 5.97 Å². The molecule has 0 aliphatic carbocycles. The molecule has 1 heterocycles. The van der Waals surface area contributed by atoms with Crippen molar-refractivity contribution in [2.45, 2.75) is 20.3 Å². The van der Waals surface area contributed by atoms with Crippen LogP contribution in [0.3, 0.4) is 0 Å². The zero-order chi connectivity index (χ0) is 10.9. The summed E-state index contributed by atoms with van der Waals surface area (Å²) >= 11 is 0. The van der Waals surface area contributed by atoms with Gasteiger partial charge >= 0.3 is 5.97 Å². The van der Waals surface area contributed by atoms with Gasteiger partial charge in [-0.15, -0.1) is 0 Å². The summed E-state index contributed by atoms with van der Waals surface area (Å²) in [5.41, 5.74) is -0.0826. The Morgan fingerprint density at radius 2 is 2.00 bits per heavy atom. The number of aromatic nitrogens is 1. The van der Waals surface area contributed by atoms with E-state index in [0.29, 0.717) is 11.1 Å². The number of nitrogens with zero attached hydrogens (tertiary/aromatic N) is 1. The minimum atomic E-state index is -2.74. The molecule has 0 amide bonds. The minimum Gasteiger partial charge on any atom is -0.477 e. The van der Waals surface area contributed by atoms with E-state index in [9.17, 15) is 13.6 Å². The predicted molar refractivity (Wildman–Crippen MR) is 45.6 cm³/mol. The molecule has 76 valence electrons. The Morgan fingerprint density at radius 1 is 1.43 bits per heavy atom. The molecule has 3 nitrogen and oxygen atoms in total. The van der Waals surface area contributed by atoms with Gasteiger partial charge in [-0.05, 0) is 25.0 Å². The van der Waals surface area contributed by atoms with Gasteiger partial charge in [0.1, 0.15) is 5.69 Å². The van der Waals surface area contributed by atoms with Crippen molar-refractivity contribution in [2.24, 2.45) is 0 Å². The number of carboxylic acids is 1. The van der Waals surface area contributed by atoms with E-state index in [0.717, 1.165) is 0 Å². The van der Waals surface area contributed by atoms with Gasteiger partial charge in [-0.1, -0.05) is 6.07 Å². The highest BCUT2D eigenvalue weighted by atomic mass is 19.3. The molecule has 0 fully saturated rings. The fraction of sp³-hybridized carbons (Fsp3) is 0.333. The van der Waals surface area contributed by atoms with Crippen LogP contribution in [0, 0.1) is 13.8 Å². The van der Waals surface area contributed by atoms with Crippen molar-refractivity contribution in [3.63, 3.8) is 0 Å². The van der Waals surface area contributed by atoms with Crippen molar-refractivity contribution < 1.29 is 18.7 Å². The third kappa shape index (κ3) is 1.86. The molecule has 1 aromatic rings. The molecule has 5 heteroatoms. The van der Waals surface area contributed by atoms with Crippen molar-refractivity contribution in [3.05, 3.63) is 28.6 Å². The molecule has 0 saturated carbocycles. The fourth-order valence-corrected chi connectivity index (χ4v) is 1.20. The molecule has 0 aliphatic heterocycles. The summed E-state index contributed by atoms with van der Waals surface area (Å²) in [5, 5.41) is 8.66. The molecular weight excluding hydrogens is 192 g/mol. The molecule has 0 radical (unpaired) electrons. The van der Waals surface area contributed by atoms with Crippen LogP contribution in [0.5, 0.6) is 0 Å². The molecule has 0 saturated heterocycles. The largest absolute Gasteiger partial charge is 0.477 e. The Balaban J connectivity index is 3.34. The van der Waals surface area contributed by atoms with Gasteiger partial charge in [-0.25, -0.2) is 18.6 Å². The lowest BCUT2D eigenvalue weighted by Crippen LogP contribution is -2.07. The third-order valence-electron chi connectivity index (χ3n) is 1.85. The molecule has 1 N–H and O–H groups in total. The summed E-state index contributed by atoms with van der Waals surface area (Å²) in [6.07, 6.45) is -2.74. The lowest BCUT2D eigenvalue weighted by atomic mass is 10.1. The Bertz CT molecular complexity index is 377. The Morgan fingerprint density at radius 3 is 2.43 bits per heavy atom. The smallest absolute Gasteiger partial charge is 0.354 e. The van der Waals surface area contributed by atoms with E-state index < -0.39 is 18.1 Å². The van der Waals surface area contributed by atoms with Gasteiger partial charge in [0.25, 0.3) is 6.43 Å². The fourth-order valence-electron chi connectivity index (χ4n) is 1.20. The standard InChI is InChI=1S/C9H9F2NO2/c1-4-3-5(2)7(9(13)14)12-6(4)8(10)11/h3,8H,1-2H3,(H,13,14). The van der Waals surface area contributed by atoms with Crippen molar-refractivity contribution in [1.29, 1.82) is 0 Å². The number of carbonyl (C=O) groups is 1. The van der Waals surface area contributed by atoms with Gasteiger partial charge in [-0.2, -0.15) is 0 Å². The summed E-state index contributed by atoms with van der Waals surface area (Å²) in [5.74, 6) is -1.29. The second-order valence-electron chi connectivity index (χ2n) is 2.96. The van der Waals surface area contributed by atoms with Crippen molar-refractivity contribution in [3.8, 4) is 0 Å². The number of pyridine rings is 1. The van der Waals surface area contributed by atoms with Crippen LogP contribution in [0.2, 0.25) is 0 Å². The summed E-state index contributed by atoms with van der Waals surface area (Å²) in [7, 11) is 0. The summed E-state index contributed by atoms with van der Waals surface area (Å²) in [4.78, 5) is 14.0. The molecule has 0 atom stereocenters. The Labute approximate surface area is 79.4 Å². The van der Waals surface area contributed by atoms with Crippen molar-refractivity contribution in [2.75, 3.05) is 0 Å². The highest BCUT2D eigenvalue weighted by molar-refractivity contribution is 5.87. The number of halogens is 2. The van der Waals surface area contributed by atoms with Crippen LogP contribution in [0.25, 0.3) is 0 Å². The van der Waals surface area contributed by atoms with E-state index in [1.165, 1.54) is 19.9 Å². The molecule has 1 aromatic heterocycles. The monoisotopic (exact) mass is 201 g/mol. The van der Waals surface area contributed by atoms with E-state index in [-0.39, 0.29) is 5.69 Å². The topological polar surface area (TPSA) is 50.2 Å². The summed E-state index contributed by atoms with van der Waals surface area (Å²) in [6.45, 7) is 3.01. The van der Waals surface area contributed by atoms with E-state index in [4.69, 9.17) is 5.11 Å². The molecule has 1 rings (SSSR count). The second-order valence-corrected chi connectivity index (χ2v) is 2.96. The predicted octanol–water partition coefficient (Wildman–Crippen LogP) is 2.33. The molecule has 0 spiro atoms. The zero-order valence-corrected chi connectivity index (χ0v) is 7.71. The Hall–Kier alpha value is -1.52. The first-order valence-electron chi connectivity index (χ1n) is 3.93. The van der Waals surface area contributed by atoms with E-state index in [2.05, 4.69) is 4.98 Å². The lowest BCUT2D eigenvalue weighted by molar-refractivity contribution is 0.0688. The molecule has 0 aliphatic rings. The first-order chi connectivity index (χ1) is 6.43. The van der Waals surface area contributed by atoms with Crippen LogP contribution in [0.4, 0.5) is 8.78 Å². The average Bonchev–Trinajstić information content (AvgIpc) is 2.02. The number of hydrogen-bond donors (Lipinski definition) is 1. The SMILES string of the molecule is Cc1cc(C)c(C(F)F)nc1C(=O)O. The maximum atomic E-state index is 12.3. The number of hydrogen-bond acceptors (Lipinski definition) is 2. The normalized spacial score (nSPS) is 10.6.